The number of aryl methyl sites for hydroxylation is 1. The normalized spacial score (nSPS) is 16.9. The monoisotopic (exact) mass is 498 g/mol. The maximum atomic E-state index is 14.6. The molecular formula is C20H21F3N6O2S2. The molecule has 13 heteroatoms. The van der Waals surface area contributed by atoms with Crippen molar-refractivity contribution in [2.45, 2.75) is 25.8 Å². The lowest BCUT2D eigenvalue weighted by Gasteiger charge is -2.23. The molecule has 0 aliphatic carbocycles. The van der Waals surface area contributed by atoms with E-state index in [2.05, 4.69) is 30.3 Å². The highest BCUT2D eigenvalue weighted by molar-refractivity contribution is 7.86. The molecule has 1 aromatic carbocycles. The van der Waals surface area contributed by atoms with E-state index < -0.39 is 40.1 Å². The molecule has 0 saturated carbocycles. The number of ether oxygens (including phenoxy) is 1. The molecular weight excluding hydrogens is 477 g/mol. The minimum atomic E-state index is -2.17. The molecule has 4 rings (SSSR count). The van der Waals surface area contributed by atoms with Gasteiger partial charge in [0.05, 0.1) is 16.4 Å². The average Bonchev–Trinajstić information content (AvgIpc) is 3.19. The lowest BCUT2D eigenvalue weighted by atomic mass is 10.1. The molecule has 0 amide bonds. The molecule has 0 bridgehead atoms. The molecule has 3 heterocycles. The Morgan fingerprint density at radius 3 is 2.88 bits per heavy atom. The Hall–Kier alpha value is -2.77. The number of anilines is 2. The fourth-order valence-corrected chi connectivity index (χ4v) is 4.57. The van der Waals surface area contributed by atoms with Crippen molar-refractivity contribution in [2.75, 3.05) is 29.1 Å². The summed E-state index contributed by atoms with van der Waals surface area (Å²) in [4.78, 5) is 13.6. The molecule has 0 spiro atoms. The summed E-state index contributed by atoms with van der Waals surface area (Å²) in [5.74, 6) is -2.56. The molecule has 1 aliphatic rings. The Bertz CT molecular complexity index is 1160. The quantitative estimate of drug-likeness (QED) is 0.429. The number of thiazole rings is 1. The van der Waals surface area contributed by atoms with Gasteiger partial charge in [0, 0.05) is 18.8 Å². The van der Waals surface area contributed by atoms with Crippen molar-refractivity contribution in [3.05, 3.63) is 41.0 Å². The largest absolute Gasteiger partial charge is 0.434 e. The Labute approximate surface area is 194 Å². The Morgan fingerprint density at radius 2 is 2.12 bits per heavy atom. The minimum Gasteiger partial charge on any atom is -0.434 e. The van der Waals surface area contributed by atoms with Crippen molar-refractivity contribution in [2.24, 2.45) is 0 Å². The maximum Gasteiger partial charge on any atom is 0.240 e. The van der Waals surface area contributed by atoms with Gasteiger partial charge in [-0.1, -0.05) is 0 Å². The molecule has 3 N–H and O–H groups in total. The van der Waals surface area contributed by atoms with Crippen LogP contribution >= 0.6 is 11.3 Å². The van der Waals surface area contributed by atoms with Gasteiger partial charge in [-0.3, -0.25) is 4.72 Å². The Kier molecular flexibility index (Phi) is 7.40. The van der Waals surface area contributed by atoms with Crippen LogP contribution in [0.5, 0.6) is 11.6 Å². The molecule has 2 unspecified atom stereocenters. The van der Waals surface area contributed by atoms with Crippen LogP contribution in [-0.4, -0.2) is 44.3 Å². The van der Waals surface area contributed by atoms with Gasteiger partial charge in [-0.2, -0.15) is 4.39 Å². The zero-order valence-corrected chi connectivity index (χ0v) is 19.2. The number of rotatable bonds is 8. The third kappa shape index (κ3) is 5.60. The highest BCUT2D eigenvalue weighted by Crippen LogP contribution is 2.38. The van der Waals surface area contributed by atoms with Gasteiger partial charge in [0.15, 0.2) is 17.6 Å². The summed E-state index contributed by atoms with van der Waals surface area (Å²) < 4.78 is 60.2. The summed E-state index contributed by atoms with van der Waals surface area (Å²) >= 11 is 1.29. The fraction of sp³-hybridized carbons (Fsp3) is 0.350. The molecule has 1 saturated heterocycles. The highest BCUT2D eigenvalue weighted by Gasteiger charge is 2.21. The van der Waals surface area contributed by atoms with Gasteiger partial charge in [0.25, 0.3) is 0 Å². The number of hydrogen-bond donors (Lipinski definition) is 3. The summed E-state index contributed by atoms with van der Waals surface area (Å²) in [5, 5.41) is 7.26. The van der Waals surface area contributed by atoms with Crippen LogP contribution in [0.25, 0.3) is 10.6 Å². The van der Waals surface area contributed by atoms with Crippen molar-refractivity contribution >= 4 is 34.0 Å². The van der Waals surface area contributed by atoms with E-state index in [-0.39, 0.29) is 11.9 Å². The predicted molar refractivity (Wildman–Crippen MR) is 122 cm³/mol. The van der Waals surface area contributed by atoms with Crippen molar-refractivity contribution in [3.63, 3.8) is 0 Å². The van der Waals surface area contributed by atoms with Crippen LogP contribution in [0.2, 0.25) is 0 Å². The zero-order chi connectivity index (χ0) is 23.4. The summed E-state index contributed by atoms with van der Waals surface area (Å²) in [6.07, 6.45) is 3.66. The first kappa shape index (κ1) is 23.4. The lowest BCUT2D eigenvalue weighted by molar-refractivity contribution is 0.409. The molecule has 2 atom stereocenters. The highest BCUT2D eigenvalue weighted by atomic mass is 32.2. The zero-order valence-electron chi connectivity index (χ0n) is 17.5. The summed E-state index contributed by atoms with van der Waals surface area (Å²) in [5.41, 5.74) is 0.0867. The standard InChI is InChI=1S/C20H21F3N6O2S2/c1-11-26-19(31-15-5-4-13(16(22)17(15)23)29-33(30)10-21)18(32-11)14-6-8-25-20(28-14)27-12-3-2-7-24-9-12/h4-6,8,12,24,29H,2-3,7,9-10H2,1H3,(H,25,27,28). The van der Waals surface area contributed by atoms with Crippen molar-refractivity contribution in [3.8, 4) is 22.2 Å². The van der Waals surface area contributed by atoms with E-state index in [0.717, 1.165) is 38.1 Å². The average molecular weight is 499 g/mol. The van der Waals surface area contributed by atoms with Gasteiger partial charge in [0.1, 0.15) is 15.9 Å². The minimum absolute atomic E-state index is 0.0628. The van der Waals surface area contributed by atoms with Crippen LogP contribution in [0.15, 0.2) is 24.4 Å². The first-order valence-electron chi connectivity index (χ1n) is 10.1. The number of alkyl halides is 1. The fourth-order valence-electron chi connectivity index (χ4n) is 3.29. The number of nitrogens with zero attached hydrogens (tertiary/aromatic N) is 3. The first-order valence-corrected chi connectivity index (χ1v) is 12.2. The van der Waals surface area contributed by atoms with Gasteiger partial charge in [-0.05, 0) is 44.5 Å². The second-order valence-electron chi connectivity index (χ2n) is 7.22. The number of benzene rings is 1. The summed E-state index contributed by atoms with van der Waals surface area (Å²) in [7, 11) is -2.17. The van der Waals surface area contributed by atoms with Crippen LogP contribution in [0.1, 0.15) is 17.8 Å². The molecule has 1 fully saturated rings. The third-order valence-electron chi connectivity index (χ3n) is 4.80. The SMILES string of the molecule is Cc1nc(Oc2ccc(NS(=O)CF)c(F)c2F)c(-c2ccnc(NC3CCCNC3)n2)s1. The summed E-state index contributed by atoms with van der Waals surface area (Å²) in [6, 6.07) is 2.92. The van der Waals surface area contributed by atoms with Crippen molar-refractivity contribution < 1.29 is 22.1 Å². The van der Waals surface area contributed by atoms with Crippen molar-refractivity contribution in [1.29, 1.82) is 0 Å². The number of halogens is 3. The molecule has 1 aliphatic heterocycles. The Morgan fingerprint density at radius 1 is 1.27 bits per heavy atom. The third-order valence-corrected chi connectivity index (χ3v) is 6.42. The van der Waals surface area contributed by atoms with Crippen LogP contribution in [0, 0.1) is 18.6 Å². The second kappa shape index (κ2) is 10.4. The topological polar surface area (TPSA) is 101 Å². The summed E-state index contributed by atoms with van der Waals surface area (Å²) in [6.45, 7) is 3.56. The molecule has 2 aromatic heterocycles. The van der Waals surface area contributed by atoms with Crippen LogP contribution in [0.3, 0.4) is 0 Å². The lowest BCUT2D eigenvalue weighted by Crippen LogP contribution is -2.38. The molecule has 3 aromatic rings. The predicted octanol–water partition coefficient (Wildman–Crippen LogP) is 4.15. The molecule has 176 valence electrons. The van der Waals surface area contributed by atoms with Crippen LogP contribution < -0.4 is 20.1 Å². The van der Waals surface area contributed by atoms with E-state index in [4.69, 9.17) is 4.74 Å². The van der Waals surface area contributed by atoms with E-state index in [1.807, 2.05) is 0 Å². The van der Waals surface area contributed by atoms with E-state index in [0.29, 0.717) is 21.5 Å². The van der Waals surface area contributed by atoms with Crippen molar-refractivity contribution in [1.82, 2.24) is 20.3 Å². The van der Waals surface area contributed by atoms with Gasteiger partial charge in [0.2, 0.25) is 17.6 Å². The number of hydrogen-bond acceptors (Lipinski definition) is 8. The van der Waals surface area contributed by atoms with Gasteiger partial charge >= 0.3 is 0 Å². The van der Waals surface area contributed by atoms with E-state index >= 15 is 0 Å². The van der Waals surface area contributed by atoms with Gasteiger partial charge < -0.3 is 15.4 Å². The number of piperidine rings is 1. The second-order valence-corrected chi connectivity index (χ2v) is 9.53. The number of aromatic nitrogens is 3. The molecule has 33 heavy (non-hydrogen) atoms. The van der Waals surface area contributed by atoms with Crippen LogP contribution in [0.4, 0.5) is 24.8 Å². The van der Waals surface area contributed by atoms with Gasteiger partial charge in [-0.25, -0.2) is 27.9 Å². The van der Waals surface area contributed by atoms with Crippen LogP contribution in [-0.2, 0) is 11.0 Å². The first-order chi connectivity index (χ1) is 15.9. The Balaban J connectivity index is 1.58. The molecule has 0 radical (unpaired) electrons. The maximum absolute atomic E-state index is 14.6. The molecule has 8 nitrogen and oxygen atoms in total. The van der Waals surface area contributed by atoms with Gasteiger partial charge in [-0.15, -0.1) is 11.3 Å². The van der Waals surface area contributed by atoms with E-state index in [1.165, 1.54) is 11.3 Å². The van der Waals surface area contributed by atoms with E-state index in [9.17, 15) is 17.4 Å². The smallest absolute Gasteiger partial charge is 0.240 e. The van der Waals surface area contributed by atoms with E-state index in [1.54, 1.807) is 19.2 Å². The number of nitrogens with one attached hydrogen (secondary N) is 3.